The van der Waals surface area contributed by atoms with E-state index in [0.29, 0.717) is 5.75 Å². The number of phenols is 1. The summed E-state index contributed by atoms with van der Waals surface area (Å²) in [6.45, 7) is 7.41. The van der Waals surface area contributed by atoms with Crippen molar-refractivity contribution >= 4 is 0 Å². The molecule has 0 unspecified atom stereocenters. The van der Waals surface area contributed by atoms with Crippen LogP contribution < -0.4 is 10.1 Å². The van der Waals surface area contributed by atoms with E-state index in [1.54, 1.807) is 19.2 Å². The standard InChI is InChI=1S/C15H25NO2/c1-5-15(6-2,7-3)16-11-12-8-9-14(18-4)13(17)10-12/h8-10,16-17H,5-7,11H2,1-4H3. The van der Waals surface area contributed by atoms with E-state index in [1.165, 1.54) is 0 Å². The highest BCUT2D eigenvalue weighted by Gasteiger charge is 2.22. The highest BCUT2D eigenvalue weighted by molar-refractivity contribution is 5.41. The van der Waals surface area contributed by atoms with Crippen molar-refractivity contribution in [2.75, 3.05) is 7.11 Å². The van der Waals surface area contributed by atoms with Crippen LogP contribution in [-0.4, -0.2) is 17.8 Å². The summed E-state index contributed by atoms with van der Waals surface area (Å²) >= 11 is 0. The van der Waals surface area contributed by atoms with Gasteiger partial charge in [-0.1, -0.05) is 26.8 Å². The fourth-order valence-corrected chi connectivity index (χ4v) is 2.26. The molecule has 0 fully saturated rings. The predicted octanol–water partition coefficient (Wildman–Crippen LogP) is 3.46. The van der Waals surface area contributed by atoms with E-state index < -0.39 is 0 Å². The largest absolute Gasteiger partial charge is 0.504 e. The monoisotopic (exact) mass is 251 g/mol. The van der Waals surface area contributed by atoms with Gasteiger partial charge in [-0.05, 0) is 37.0 Å². The fraction of sp³-hybridized carbons (Fsp3) is 0.600. The van der Waals surface area contributed by atoms with Gasteiger partial charge in [-0.25, -0.2) is 0 Å². The lowest BCUT2D eigenvalue weighted by Gasteiger charge is -2.32. The van der Waals surface area contributed by atoms with E-state index in [1.807, 2.05) is 6.07 Å². The van der Waals surface area contributed by atoms with Crippen LogP contribution in [0, 0.1) is 0 Å². The molecule has 0 saturated carbocycles. The molecule has 1 aromatic carbocycles. The summed E-state index contributed by atoms with van der Waals surface area (Å²) in [5.41, 5.74) is 1.28. The maximum absolute atomic E-state index is 9.74. The molecule has 1 rings (SSSR count). The fourth-order valence-electron chi connectivity index (χ4n) is 2.26. The Labute approximate surface area is 110 Å². The molecule has 0 saturated heterocycles. The lowest BCUT2D eigenvalue weighted by Crippen LogP contribution is -2.43. The molecule has 0 bridgehead atoms. The van der Waals surface area contributed by atoms with Crippen molar-refractivity contribution in [3.8, 4) is 11.5 Å². The number of benzene rings is 1. The molecule has 0 aliphatic carbocycles. The second-order valence-corrected chi connectivity index (χ2v) is 4.70. The van der Waals surface area contributed by atoms with E-state index in [4.69, 9.17) is 4.74 Å². The molecule has 0 heterocycles. The van der Waals surface area contributed by atoms with Gasteiger partial charge in [0.2, 0.25) is 0 Å². The minimum Gasteiger partial charge on any atom is -0.504 e. The number of aromatic hydroxyl groups is 1. The maximum Gasteiger partial charge on any atom is 0.160 e. The van der Waals surface area contributed by atoms with Gasteiger partial charge in [0, 0.05) is 12.1 Å². The number of hydrogen-bond donors (Lipinski definition) is 2. The van der Waals surface area contributed by atoms with Crippen molar-refractivity contribution in [2.24, 2.45) is 0 Å². The van der Waals surface area contributed by atoms with Crippen LogP contribution in [0.2, 0.25) is 0 Å². The molecule has 1 aromatic rings. The Morgan fingerprint density at radius 1 is 1.17 bits per heavy atom. The lowest BCUT2D eigenvalue weighted by molar-refractivity contribution is 0.287. The topological polar surface area (TPSA) is 41.5 Å². The molecule has 0 amide bonds. The average molecular weight is 251 g/mol. The minimum absolute atomic E-state index is 0.201. The van der Waals surface area contributed by atoms with E-state index in [2.05, 4.69) is 26.1 Å². The van der Waals surface area contributed by atoms with Gasteiger partial charge >= 0.3 is 0 Å². The third-order valence-electron chi connectivity index (χ3n) is 3.94. The van der Waals surface area contributed by atoms with Gasteiger partial charge in [0.1, 0.15) is 0 Å². The van der Waals surface area contributed by atoms with E-state index in [9.17, 15) is 5.11 Å². The Bertz CT molecular complexity index is 364. The number of ether oxygens (including phenoxy) is 1. The van der Waals surface area contributed by atoms with Gasteiger partial charge in [-0.15, -0.1) is 0 Å². The quantitative estimate of drug-likeness (QED) is 0.779. The molecule has 102 valence electrons. The van der Waals surface area contributed by atoms with Crippen LogP contribution >= 0.6 is 0 Å². The lowest BCUT2D eigenvalue weighted by atomic mass is 9.89. The minimum atomic E-state index is 0.201. The van der Waals surface area contributed by atoms with Crippen LogP contribution in [0.25, 0.3) is 0 Å². The Kier molecular flexibility index (Phi) is 5.48. The first-order chi connectivity index (χ1) is 8.60. The van der Waals surface area contributed by atoms with Gasteiger partial charge < -0.3 is 15.2 Å². The first kappa shape index (κ1) is 14.8. The SMILES string of the molecule is CCC(CC)(CC)NCc1ccc(OC)c(O)c1. The van der Waals surface area contributed by atoms with Gasteiger partial charge in [-0.2, -0.15) is 0 Å². The zero-order chi connectivity index (χ0) is 13.6. The molecule has 18 heavy (non-hydrogen) atoms. The van der Waals surface area contributed by atoms with Crippen molar-refractivity contribution in [3.05, 3.63) is 23.8 Å². The van der Waals surface area contributed by atoms with Gasteiger partial charge in [0.25, 0.3) is 0 Å². The zero-order valence-corrected chi connectivity index (χ0v) is 11.9. The van der Waals surface area contributed by atoms with E-state index >= 15 is 0 Å². The Morgan fingerprint density at radius 2 is 1.78 bits per heavy atom. The molecule has 2 N–H and O–H groups in total. The first-order valence-corrected chi connectivity index (χ1v) is 6.71. The molecule has 3 heteroatoms. The third kappa shape index (κ3) is 3.39. The van der Waals surface area contributed by atoms with Crippen molar-refractivity contribution in [3.63, 3.8) is 0 Å². The van der Waals surface area contributed by atoms with E-state index in [0.717, 1.165) is 31.4 Å². The highest BCUT2D eigenvalue weighted by atomic mass is 16.5. The summed E-state index contributed by atoms with van der Waals surface area (Å²) < 4.78 is 5.04. The highest BCUT2D eigenvalue weighted by Crippen LogP contribution is 2.27. The van der Waals surface area contributed by atoms with Crippen LogP contribution in [0.3, 0.4) is 0 Å². The number of rotatable bonds is 7. The predicted molar refractivity (Wildman–Crippen MR) is 75.1 cm³/mol. The summed E-state index contributed by atoms with van der Waals surface area (Å²) in [4.78, 5) is 0. The second-order valence-electron chi connectivity index (χ2n) is 4.70. The Balaban J connectivity index is 2.71. The summed E-state index contributed by atoms with van der Waals surface area (Å²) in [5.74, 6) is 0.721. The smallest absolute Gasteiger partial charge is 0.160 e. The number of methoxy groups -OCH3 is 1. The summed E-state index contributed by atoms with van der Waals surface area (Å²) in [6.07, 6.45) is 3.34. The normalized spacial score (nSPS) is 11.6. The average Bonchev–Trinajstić information content (AvgIpc) is 2.41. The molecule has 0 atom stereocenters. The molecule has 3 nitrogen and oxygen atoms in total. The van der Waals surface area contributed by atoms with Crippen LogP contribution in [0.1, 0.15) is 45.6 Å². The van der Waals surface area contributed by atoms with Crippen molar-refractivity contribution in [1.29, 1.82) is 0 Å². The number of hydrogen-bond acceptors (Lipinski definition) is 3. The van der Waals surface area contributed by atoms with Crippen LogP contribution in [0.4, 0.5) is 0 Å². The van der Waals surface area contributed by atoms with E-state index in [-0.39, 0.29) is 11.3 Å². The molecule has 0 aliphatic rings. The van der Waals surface area contributed by atoms with Gasteiger partial charge in [0.05, 0.1) is 7.11 Å². The molecular weight excluding hydrogens is 226 g/mol. The van der Waals surface area contributed by atoms with Gasteiger partial charge in [-0.3, -0.25) is 0 Å². The Morgan fingerprint density at radius 3 is 2.22 bits per heavy atom. The molecule has 0 aliphatic heterocycles. The van der Waals surface area contributed by atoms with Crippen LogP contribution in [0.5, 0.6) is 11.5 Å². The van der Waals surface area contributed by atoms with Crippen LogP contribution in [0.15, 0.2) is 18.2 Å². The first-order valence-electron chi connectivity index (χ1n) is 6.71. The number of nitrogens with one attached hydrogen (secondary N) is 1. The summed E-state index contributed by atoms with van der Waals surface area (Å²) in [7, 11) is 1.56. The van der Waals surface area contributed by atoms with Crippen LogP contribution in [-0.2, 0) is 6.54 Å². The summed E-state index contributed by atoms with van der Waals surface area (Å²) in [5, 5.41) is 13.4. The summed E-state index contributed by atoms with van der Waals surface area (Å²) in [6, 6.07) is 5.55. The molecular formula is C15H25NO2. The van der Waals surface area contributed by atoms with Gasteiger partial charge in [0.15, 0.2) is 11.5 Å². The number of phenolic OH excluding ortho intramolecular Hbond substituents is 1. The Hall–Kier alpha value is -1.22. The third-order valence-corrected chi connectivity index (χ3v) is 3.94. The molecule has 0 radical (unpaired) electrons. The molecule has 0 aromatic heterocycles. The second kappa shape index (κ2) is 6.64. The maximum atomic E-state index is 9.74. The zero-order valence-electron chi connectivity index (χ0n) is 11.9. The van der Waals surface area contributed by atoms with Crippen molar-refractivity contribution in [1.82, 2.24) is 5.32 Å². The van der Waals surface area contributed by atoms with Crippen molar-refractivity contribution < 1.29 is 9.84 Å². The van der Waals surface area contributed by atoms with Crippen molar-refractivity contribution in [2.45, 2.75) is 52.1 Å². The molecule has 0 spiro atoms.